The smallest absolute Gasteiger partial charge is 0.341 e. The van der Waals surface area contributed by atoms with E-state index in [1.54, 1.807) is 26.0 Å². The predicted molar refractivity (Wildman–Crippen MR) is 133 cm³/mol. The molecule has 0 saturated carbocycles. The molecule has 2 N–H and O–H groups in total. The Labute approximate surface area is 207 Å². The van der Waals surface area contributed by atoms with Crippen molar-refractivity contribution in [3.63, 3.8) is 0 Å². The highest BCUT2D eigenvalue weighted by atomic mass is 32.1. The van der Waals surface area contributed by atoms with Crippen LogP contribution in [0.2, 0.25) is 0 Å². The number of hydrogen-bond acceptors (Lipinski definition) is 7. The zero-order valence-corrected chi connectivity index (χ0v) is 20.5. The molecule has 1 heterocycles. The van der Waals surface area contributed by atoms with E-state index in [0.29, 0.717) is 17.5 Å². The normalized spacial score (nSPS) is 10.4. The second-order valence-electron chi connectivity index (χ2n) is 7.50. The van der Waals surface area contributed by atoms with E-state index in [9.17, 15) is 19.2 Å². The van der Waals surface area contributed by atoms with E-state index < -0.39 is 24.5 Å². The first kappa shape index (κ1) is 25.6. The maximum Gasteiger partial charge on any atom is 0.341 e. The average molecular weight is 495 g/mol. The number of amides is 2. The molecule has 0 aliphatic heterocycles. The molecule has 3 rings (SSSR count). The molecule has 0 atom stereocenters. The fraction of sp³-hybridized carbons (Fsp3) is 0.231. The second-order valence-corrected chi connectivity index (χ2v) is 8.52. The van der Waals surface area contributed by atoms with Crippen LogP contribution in [-0.2, 0) is 20.7 Å². The second kappa shape index (κ2) is 11.9. The van der Waals surface area contributed by atoms with Crippen molar-refractivity contribution < 1.29 is 28.7 Å². The fourth-order valence-corrected chi connectivity index (χ4v) is 4.60. The molecular weight excluding hydrogens is 468 g/mol. The topological polar surface area (TPSA) is 111 Å². The number of esters is 2. The number of anilines is 1. The molecule has 2 amide bonds. The van der Waals surface area contributed by atoms with Crippen molar-refractivity contribution in [3.8, 4) is 0 Å². The van der Waals surface area contributed by atoms with Crippen LogP contribution in [0, 0.1) is 6.92 Å². The lowest BCUT2D eigenvalue weighted by Crippen LogP contribution is -2.22. The maximum atomic E-state index is 12.7. The Morgan fingerprint density at radius 2 is 1.60 bits per heavy atom. The summed E-state index contributed by atoms with van der Waals surface area (Å²) in [5.41, 5.74) is 2.68. The van der Waals surface area contributed by atoms with Crippen LogP contribution in [0.15, 0.2) is 54.6 Å². The van der Waals surface area contributed by atoms with Gasteiger partial charge in [0.15, 0.2) is 6.61 Å². The van der Waals surface area contributed by atoms with Gasteiger partial charge in [-0.1, -0.05) is 48.5 Å². The van der Waals surface area contributed by atoms with Gasteiger partial charge in [-0.05, 0) is 43.0 Å². The molecule has 3 aromatic rings. The van der Waals surface area contributed by atoms with Crippen molar-refractivity contribution in [2.45, 2.75) is 20.3 Å². The summed E-state index contributed by atoms with van der Waals surface area (Å²) >= 11 is 0.950. The van der Waals surface area contributed by atoms with Gasteiger partial charge in [-0.25, -0.2) is 9.59 Å². The third kappa shape index (κ3) is 6.33. The number of rotatable bonds is 9. The molecule has 2 aromatic carbocycles. The summed E-state index contributed by atoms with van der Waals surface area (Å²) in [7, 11) is 1.47. The minimum atomic E-state index is -0.654. The van der Waals surface area contributed by atoms with E-state index in [1.165, 1.54) is 7.05 Å². The Kier molecular flexibility index (Phi) is 8.74. The summed E-state index contributed by atoms with van der Waals surface area (Å²) in [4.78, 5) is 50.2. The zero-order chi connectivity index (χ0) is 25.4. The molecule has 35 heavy (non-hydrogen) atoms. The maximum absolute atomic E-state index is 12.7. The molecule has 182 valence electrons. The van der Waals surface area contributed by atoms with Crippen molar-refractivity contribution in [1.82, 2.24) is 5.32 Å². The first-order valence-corrected chi connectivity index (χ1v) is 11.8. The van der Waals surface area contributed by atoms with Crippen molar-refractivity contribution >= 4 is 40.1 Å². The highest BCUT2D eigenvalue weighted by molar-refractivity contribution is 7.18. The molecule has 0 bridgehead atoms. The molecule has 0 aliphatic rings. The van der Waals surface area contributed by atoms with Crippen LogP contribution >= 0.6 is 11.3 Å². The lowest BCUT2D eigenvalue weighted by molar-refractivity contribution is -0.119. The van der Waals surface area contributed by atoms with E-state index in [4.69, 9.17) is 9.47 Å². The zero-order valence-electron chi connectivity index (χ0n) is 19.7. The molecule has 9 heteroatoms. The van der Waals surface area contributed by atoms with Gasteiger partial charge in [0.25, 0.3) is 11.8 Å². The molecule has 1 aromatic heterocycles. The van der Waals surface area contributed by atoms with Crippen LogP contribution in [0.1, 0.15) is 54.0 Å². The number of ether oxygens (including phenoxy) is 2. The van der Waals surface area contributed by atoms with Gasteiger partial charge in [0.1, 0.15) is 5.00 Å². The van der Waals surface area contributed by atoms with Crippen LogP contribution in [0.5, 0.6) is 0 Å². The van der Waals surface area contributed by atoms with Crippen LogP contribution < -0.4 is 10.6 Å². The van der Waals surface area contributed by atoms with Crippen molar-refractivity contribution in [2.24, 2.45) is 0 Å². The molecule has 8 nitrogen and oxygen atoms in total. The number of carbonyl (C=O) groups is 4. The molecule has 0 fully saturated rings. The monoisotopic (exact) mass is 494 g/mol. The lowest BCUT2D eigenvalue weighted by atomic mass is 10.00. The number of nitrogens with one attached hydrogen (secondary N) is 2. The lowest BCUT2D eigenvalue weighted by Gasteiger charge is -2.10. The highest BCUT2D eigenvalue weighted by Gasteiger charge is 2.26. The van der Waals surface area contributed by atoms with E-state index in [-0.39, 0.29) is 28.0 Å². The van der Waals surface area contributed by atoms with Gasteiger partial charge in [-0.2, -0.15) is 0 Å². The predicted octanol–water partition coefficient (Wildman–Crippen LogP) is 3.98. The fourth-order valence-electron chi connectivity index (χ4n) is 3.44. The van der Waals surface area contributed by atoms with Gasteiger partial charge >= 0.3 is 11.9 Å². The van der Waals surface area contributed by atoms with Crippen molar-refractivity contribution in [2.75, 3.05) is 25.6 Å². The number of hydrogen-bond donors (Lipinski definition) is 2. The Bertz CT molecular complexity index is 1240. The van der Waals surface area contributed by atoms with E-state index in [0.717, 1.165) is 22.5 Å². The van der Waals surface area contributed by atoms with Gasteiger partial charge < -0.3 is 20.1 Å². The Balaban J connectivity index is 1.72. The summed E-state index contributed by atoms with van der Waals surface area (Å²) in [5.74, 6) is -2.32. The Morgan fingerprint density at radius 3 is 2.29 bits per heavy atom. The molecule has 0 radical (unpaired) electrons. The standard InChI is InChI=1S/C26H26N2O6S/c1-4-33-26(32)21-16(2)22(23(30)27-3)35-24(21)28-20(29)15-34-25(31)19-13-9-8-12-18(19)14-17-10-6-5-7-11-17/h5-13H,4,14-15H2,1-3H3,(H,27,30)(H,28,29). The molecule has 0 unspecified atom stereocenters. The van der Waals surface area contributed by atoms with E-state index >= 15 is 0 Å². The first-order valence-electron chi connectivity index (χ1n) is 11.0. The van der Waals surface area contributed by atoms with Crippen LogP contribution in [0.4, 0.5) is 5.00 Å². The molecule has 0 saturated heterocycles. The minimum absolute atomic E-state index is 0.100. The Hall–Kier alpha value is -3.98. The van der Waals surface area contributed by atoms with E-state index in [2.05, 4.69) is 10.6 Å². The average Bonchev–Trinajstić information content (AvgIpc) is 3.18. The summed E-state index contributed by atoms with van der Waals surface area (Å²) < 4.78 is 10.3. The summed E-state index contributed by atoms with van der Waals surface area (Å²) in [5, 5.41) is 5.24. The van der Waals surface area contributed by atoms with E-state index in [1.807, 2.05) is 42.5 Å². The van der Waals surface area contributed by atoms with Gasteiger partial charge in [-0.3, -0.25) is 9.59 Å². The summed E-state index contributed by atoms with van der Waals surface area (Å²) in [6, 6.07) is 16.7. The Morgan fingerprint density at radius 1 is 0.914 bits per heavy atom. The van der Waals surface area contributed by atoms with Gasteiger partial charge in [0.05, 0.1) is 22.6 Å². The van der Waals surface area contributed by atoms with Crippen LogP contribution in [0.25, 0.3) is 0 Å². The van der Waals surface area contributed by atoms with Gasteiger partial charge in [0.2, 0.25) is 0 Å². The first-order chi connectivity index (χ1) is 16.8. The summed E-state index contributed by atoms with van der Waals surface area (Å²) in [6.45, 7) is 2.84. The van der Waals surface area contributed by atoms with Crippen molar-refractivity contribution in [1.29, 1.82) is 0 Å². The largest absolute Gasteiger partial charge is 0.462 e. The molecule has 0 aliphatic carbocycles. The number of benzene rings is 2. The van der Waals surface area contributed by atoms with Gasteiger partial charge in [-0.15, -0.1) is 11.3 Å². The molecule has 0 spiro atoms. The van der Waals surface area contributed by atoms with Gasteiger partial charge in [0, 0.05) is 7.05 Å². The van der Waals surface area contributed by atoms with Crippen molar-refractivity contribution in [3.05, 3.63) is 87.3 Å². The third-order valence-electron chi connectivity index (χ3n) is 5.12. The van der Waals surface area contributed by atoms with Crippen LogP contribution in [0.3, 0.4) is 0 Å². The van der Waals surface area contributed by atoms with Crippen LogP contribution in [-0.4, -0.2) is 44.0 Å². The minimum Gasteiger partial charge on any atom is -0.462 e. The summed E-state index contributed by atoms with van der Waals surface area (Å²) in [6.07, 6.45) is 0.540. The SMILES string of the molecule is CCOC(=O)c1c(NC(=O)COC(=O)c2ccccc2Cc2ccccc2)sc(C(=O)NC)c1C. The third-order valence-corrected chi connectivity index (χ3v) is 6.33. The number of carbonyl (C=O) groups excluding carboxylic acids is 4. The molecular formula is C26H26N2O6S. The number of thiophene rings is 1. The quantitative estimate of drug-likeness (QED) is 0.436. The highest BCUT2D eigenvalue weighted by Crippen LogP contribution is 2.33.